The van der Waals surface area contributed by atoms with Crippen molar-refractivity contribution in [1.29, 1.82) is 0 Å². The van der Waals surface area contributed by atoms with Gasteiger partial charge in [-0.25, -0.2) is 12.8 Å². The third kappa shape index (κ3) is 4.79. The molecule has 0 aliphatic carbocycles. The van der Waals surface area contributed by atoms with E-state index in [9.17, 15) is 22.4 Å². The van der Waals surface area contributed by atoms with Crippen LogP contribution in [-0.2, 0) is 21.4 Å². The molecule has 2 aliphatic rings. The summed E-state index contributed by atoms with van der Waals surface area (Å²) >= 11 is 0. The van der Waals surface area contributed by atoms with Crippen molar-refractivity contribution in [3.05, 3.63) is 88.6 Å². The number of sulfonamides is 1. The number of amides is 1. The van der Waals surface area contributed by atoms with Crippen LogP contribution in [0, 0.1) is 11.7 Å². The molecule has 1 N–H and O–H groups in total. The summed E-state index contributed by atoms with van der Waals surface area (Å²) in [6.45, 7) is 1.28. The zero-order valence-electron chi connectivity index (χ0n) is 18.8. The van der Waals surface area contributed by atoms with Gasteiger partial charge in [-0.05, 0) is 54.8 Å². The Bertz CT molecular complexity index is 1420. The van der Waals surface area contributed by atoms with Gasteiger partial charge in [0, 0.05) is 31.2 Å². The molecule has 5 rings (SSSR count). The van der Waals surface area contributed by atoms with Crippen molar-refractivity contribution in [2.75, 3.05) is 24.4 Å². The number of carbonyl (C=O) groups excluding carboxylic acids is 1. The number of pyridine rings is 1. The average molecular weight is 498 g/mol. The highest BCUT2D eigenvalue weighted by Gasteiger charge is 2.37. The summed E-state index contributed by atoms with van der Waals surface area (Å²) in [4.78, 5) is 27.5. The van der Waals surface area contributed by atoms with E-state index in [4.69, 9.17) is 4.74 Å². The van der Waals surface area contributed by atoms with Gasteiger partial charge in [-0.2, -0.15) is 0 Å². The fourth-order valence-corrected chi connectivity index (χ4v) is 5.91. The molecular formula is C25H24FN3O5S. The van der Waals surface area contributed by atoms with Crippen LogP contribution in [0.1, 0.15) is 18.0 Å². The van der Waals surface area contributed by atoms with Gasteiger partial charge in [-0.15, -0.1) is 0 Å². The van der Waals surface area contributed by atoms with Crippen LogP contribution < -0.4 is 15.0 Å². The first kappa shape index (κ1) is 23.1. The Labute approximate surface area is 202 Å². The first-order chi connectivity index (χ1) is 16.8. The number of ether oxygens (including phenoxy) is 1. The molecular weight excluding hydrogens is 473 g/mol. The molecule has 0 spiro atoms. The summed E-state index contributed by atoms with van der Waals surface area (Å²) in [7, 11) is -4.12. The Balaban J connectivity index is 1.32. The van der Waals surface area contributed by atoms with E-state index in [2.05, 4.69) is 4.72 Å². The quantitative estimate of drug-likeness (QED) is 0.565. The predicted octanol–water partition coefficient (Wildman–Crippen LogP) is 2.81. The molecule has 0 saturated carbocycles. The lowest BCUT2D eigenvalue weighted by molar-refractivity contribution is -0.136. The lowest BCUT2D eigenvalue weighted by atomic mass is 9.83. The molecule has 2 aliphatic heterocycles. The second kappa shape index (κ2) is 9.18. The lowest BCUT2D eigenvalue weighted by Gasteiger charge is -2.42. The van der Waals surface area contributed by atoms with Gasteiger partial charge >= 0.3 is 0 Å². The smallest absolute Gasteiger partial charge is 0.275 e. The van der Waals surface area contributed by atoms with Crippen LogP contribution in [0.15, 0.2) is 76.4 Å². The maximum atomic E-state index is 13.5. The summed E-state index contributed by atoms with van der Waals surface area (Å²) in [6, 6.07) is 16.9. The van der Waals surface area contributed by atoms with Gasteiger partial charge in [0.1, 0.15) is 17.3 Å². The third-order valence-electron chi connectivity index (χ3n) is 6.41. The summed E-state index contributed by atoms with van der Waals surface area (Å²) in [5.41, 5.74) is 0.216. The van der Waals surface area contributed by atoms with Crippen molar-refractivity contribution in [3.8, 4) is 5.75 Å². The van der Waals surface area contributed by atoms with Crippen molar-refractivity contribution in [3.63, 3.8) is 0 Å². The first-order valence-electron chi connectivity index (χ1n) is 11.3. The van der Waals surface area contributed by atoms with Crippen LogP contribution >= 0.6 is 0 Å². The molecule has 2 aromatic carbocycles. The van der Waals surface area contributed by atoms with Crippen LogP contribution in [0.3, 0.4) is 0 Å². The van der Waals surface area contributed by atoms with E-state index in [-0.39, 0.29) is 34.9 Å². The Kier molecular flexibility index (Phi) is 6.06. The minimum absolute atomic E-state index is 0.0373. The molecule has 2 atom stereocenters. The molecule has 3 aromatic rings. The van der Waals surface area contributed by atoms with E-state index >= 15 is 0 Å². The number of rotatable bonds is 6. The van der Waals surface area contributed by atoms with Crippen molar-refractivity contribution in [1.82, 2.24) is 9.47 Å². The number of anilines is 1. The van der Waals surface area contributed by atoms with Crippen molar-refractivity contribution in [2.24, 2.45) is 5.92 Å². The average Bonchev–Trinajstić information content (AvgIpc) is 2.85. The SMILES string of the molecule is O=C(COc1ccccc1)N1C[C@@H]2C[C@H](C1)c1ccc(NS(=O)(=O)c3cccc(F)c3)c(=O)n1C2. The zero-order chi connectivity index (χ0) is 24.6. The Hall–Kier alpha value is -3.66. The molecule has 1 saturated heterocycles. The lowest BCUT2D eigenvalue weighted by Crippen LogP contribution is -2.50. The van der Waals surface area contributed by atoms with E-state index in [0.29, 0.717) is 25.4 Å². The van der Waals surface area contributed by atoms with Crippen LogP contribution in [-0.4, -0.2) is 43.5 Å². The van der Waals surface area contributed by atoms with Crippen LogP contribution in [0.4, 0.5) is 10.1 Å². The minimum atomic E-state index is -4.12. The molecule has 2 bridgehead atoms. The number of para-hydroxylation sites is 1. The fourth-order valence-electron chi connectivity index (χ4n) is 4.82. The fraction of sp³-hybridized carbons (Fsp3) is 0.280. The second-order valence-corrected chi connectivity index (χ2v) is 10.5. The minimum Gasteiger partial charge on any atom is -0.484 e. The summed E-state index contributed by atoms with van der Waals surface area (Å²) in [5, 5.41) is 0. The first-order valence-corrected chi connectivity index (χ1v) is 12.8. The van der Waals surface area contributed by atoms with Gasteiger partial charge in [0.15, 0.2) is 6.61 Å². The molecule has 8 nitrogen and oxygen atoms in total. The van der Waals surface area contributed by atoms with Gasteiger partial charge in [0.2, 0.25) is 0 Å². The summed E-state index contributed by atoms with van der Waals surface area (Å²) in [6.07, 6.45) is 0.844. The van der Waals surface area contributed by atoms with Gasteiger partial charge in [0.05, 0.1) is 4.90 Å². The summed E-state index contributed by atoms with van der Waals surface area (Å²) in [5.74, 6) is -0.141. The van der Waals surface area contributed by atoms with Crippen LogP contribution in [0.2, 0.25) is 0 Å². The third-order valence-corrected chi connectivity index (χ3v) is 7.78. The molecule has 1 amide bonds. The number of halogens is 1. The number of nitrogens with zero attached hydrogens (tertiary/aromatic N) is 2. The maximum absolute atomic E-state index is 13.5. The normalized spacial score (nSPS) is 19.1. The van der Waals surface area contributed by atoms with E-state index in [0.717, 1.165) is 24.2 Å². The second-order valence-electron chi connectivity index (χ2n) is 8.85. The number of hydrogen-bond donors (Lipinski definition) is 1. The topological polar surface area (TPSA) is 97.7 Å². The van der Waals surface area contributed by atoms with E-state index in [1.807, 2.05) is 18.2 Å². The Morgan fingerprint density at radius 1 is 1.03 bits per heavy atom. The van der Waals surface area contributed by atoms with E-state index in [1.54, 1.807) is 27.7 Å². The van der Waals surface area contributed by atoms with E-state index in [1.165, 1.54) is 18.2 Å². The molecule has 182 valence electrons. The number of piperidine rings is 1. The Morgan fingerprint density at radius 3 is 2.60 bits per heavy atom. The van der Waals surface area contributed by atoms with Crippen LogP contribution in [0.25, 0.3) is 0 Å². The number of aromatic nitrogens is 1. The largest absolute Gasteiger partial charge is 0.484 e. The van der Waals surface area contributed by atoms with Crippen molar-refractivity contribution in [2.45, 2.75) is 23.8 Å². The van der Waals surface area contributed by atoms with Crippen molar-refractivity contribution >= 4 is 21.6 Å². The van der Waals surface area contributed by atoms with Crippen LogP contribution in [0.5, 0.6) is 5.75 Å². The highest BCUT2D eigenvalue weighted by Crippen LogP contribution is 2.35. The molecule has 1 fully saturated rings. The number of fused-ring (bicyclic) bond motifs is 4. The monoisotopic (exact) mass is 497 g/mol. The molecule has 1 aromatic heterocycles. The van der Waals surface area contributed by atoms with Gasteiger partial charge in [0.25, 0.3) is 21.5 Å². The van der Waals surface area contributed by atoms with Gasteiger partial charge in [-0.3, -0.25) is 14.3 Å². The highest BCUT2D eigenvalue weighted by molar-refractivity contribution is 7.92. The standard InChI is InChI=1S/C25H24FN3O5S/c26-19-5-4-8-21(12-19)35(32,33)27-22-9-10-23-18-11-17(14-29(23)25(22)31)13-28(15-18)24(30)16-34-20-6-2-1-3-7-20/h1-10,12,17-18,27H,11,13-16H2/t17-,18+/m0/s1. The molecule has 0 radical (unpaired) electrons. The number of nitrogens with one attached hydrogen (secondary N) is 1. The molecule has 10 heteroatoms. The van der Waals surface area contributed by atoms with Gasteiger partial charge < -0.3 is 14.2 Å². The number of benzene rings is 2. The Morgan fingerprint density at radius 2 is 1.83 bits per heavy atom. The number of carbonyl (C=O) groups is 1. The molecule has 3 heterocycles. The van der Waals surface area contributed by atoms with E-state index < -0.39 is 21.4 Å². The zero-order valence-corrected chi connectivity index (χ0v) is 19.6. The van der Waals surface area contributed by atoms with Gasteiger partial charge in [-0.1, -0.05) is 24.3 Å². The molecule has 0 unspecified atom stereocenters. The number of hydrogen-bond acceptors (Lipinski definition) is 5. The maximum Gasteiger partial charge on any atom is 0.275 e. The highest BCUT2D eigenvalue weighted by atomic mass is 32.2. The predicted molar refractivity (Wildman–Crippen MR) is 127 cm³/mol. The summed E-state index contributed by atoms with van der Waals surface area (Å²) < 4.78 is 48.3. The molecule has 35 heavy (non-hydrogen) atoms. The number of likely N-dealkylation sites (tertiary alicyclic amines) is 1. The van der Waals surface area contributed by atoms with Crippen molar-refractivity contribution < 1.29 is 22.3 Å².